The molecule has 1 saturated carbocycles. The number of carbonyl (C=O) groups excluding carboxylic acids is 2. The minimum absolute atomic E-state index is 0.0760. The molecule has 1 aliphatic carbocycles. The molecule has 112 valence electrons. The van der Waals surface area contributed by atoms with E-state index in [1.807, 2.05) is 12.1 Å². The van der Waals surface area contributed by atoms with Crippen LogP contribution in [-0.4, -0.2) is 28.2 Å². The fraction of sp³-hybridized carbons (Fsp3) is 0.500. The minimum atomic E-state index is -0.0760. The van der Waals surface area contributed by atoms with Gasteiger partial charge in [0.2, 0.25) is 5.91 Å². The third-order valence-corrected chi connectivity index (χ3v) is 5.92. The van der Waals surface area contributed by atoms with Gasteiger partial charge in [-0.15, -0.1) is 0 Å². The molecule has 3 nitrogen and oxygen atoms in total. The molecule has 2 fully saturated rings. The Hall–Kier alpha value is -0.810. The highest BCUT2D eigenvalue weighted by Gasteiger charge is 2.53. The van der Waals surface area contributed by atoms with Crippen LogP contribution in [0.25, 0.3) is 0 Å². The Kier molecular flexibility index (Phi) is 4.14. The first-order valence-corrected chi connectivity index (χ1v) is 8.99. The van der Waals surface area contributed by atoms with Gasteiger partial charge in [0.1, 0.15) is 0 Å². The van der Waals surface area contributed by atoms with E-state index in [-0.39, 0.29) is 16.6 Å². The van der Waals surface area contributed by atoms with Crippen molar-refractivity contribution >= 4 is 38.7 Å². The molecule has 1 saturated heterocycles. The summed E-state index contributed by atoms with van der Waals surface area (Å²) in [5, 5.41) is 0.134. The predicted molar refractivity (Wildman–Crippen MR) is 88.0 cm³/mol. The van der Waals surface area contributed by atoms with Crippen LogP contribution in [0.4, 0.5) is 0 Å². The molecule has 5 heteroatoms. The van der Waals surface area contributed by atoms with Crippen LogP contribution in [0, 0.1) is 5.92 Å². The van der Waals surface area contributed by atoms with Gasteiger partial charge in [-0.05, 0) is 36.5 Å². The van der Waals surface area contributed by atoms with E-state index < -0.39 is 0 Å². The van der Waals surface area contributed by atoms with Crippen molar-refractivity contribution in [3.8, 4) is 0 Å². The van der Waals surface area contributed by atoms with Crippen molar-refractivity contribution < 1.29 is 9.59 Å². The first kappa shape index (κ1) is 15.1. The third kappa shape index (κ3) is 3.04. The van der Waals surface area contributed by atoms with E-state index in [9.17, 15) is 9.59 Å². The largest absolute Gasteiger partial charge is 0.333 e. The Morgan fingerprint density at radius 1 is 1.38 bits per heavy atom. The molecular formula is C16H18BrNO2S. The van der Waals surface area contributed by atoms with Crippen LogP contribution in [0.3, 0.4) is 0 Å². The lowest BCUT2D eigenvalue weighted by Gasteiger charge is -2.29. The number of amides is 1. The molecule has 0 aromatic heterocycles. The lowest BCUT2D eigenvalue weighted by Crippen LogP contribution is -2.36. The molecule has 1 aromatic carbocycles. The fourth-order valence-electron chi connectivity index (χ4n) is 3.13. The molecule has 1 unspecified atom stereocenters. The van der Waals surface area contributed by atoms with Crippen molar-refractivity contribution in [2.45, 2.75) is 31.7 Å². The Morgan fingerprint density at radius 2 is 2.05 bits per heavy atom. The Balaban J connectivity index is 1.73. The zero-order valence-electron chi connectivity index (χ0n) is 12.0. The molecule has 0 N–H and O–H groups in total. The summed E-state index contributed by atoms with van der Waals surface area (Å²) in [6.45, 7) is 2.37. The van der Waals surface area contributed by atoms with E-state index in [4.69, 9.17) is 0 Å². The van der Waals surface area contributed by atoms with Gasteiger partial charge in [-0.3, -0.25) is 9.59 Å². The van der Waals surface area contributed by atoms with Crippen LogP contribution in [0.15, 0.2) is 28.7 Å². The third-order valence-electron chi connectivity index (χ3n) is 4.35. The normalized spacial score (nSPS) is 23.4. The van der Waals surface area contributed by atoms with Gasteiger partial charge in [0.05, 0.1) is 5.54 Å². The van der Waals surface area contributed by atoms with E-state index in [0.717, 1.165) is 29.6 Å². The lowest BCUT2D eigenvalue weighted by molar-refractivity contribution is -0.130. The number of likely N-dealkylation sites (tertiary alicyclic amines) is 1. The SMILES string of the molecule is CC(=O)SCC1CC(=O)N(C2(c3ccc(Br)cc3)CC2)C1. The van der Waals surface area contributed by atoms with Gasteiger partial charge >= 0.3 is 0 Å². The number of nitrogens with zero attached hydrogens (tertiary/aromatic N) is 1. The van der Waals surface area contributed by atoms with Crippen molar-refractivity contribution in [1.82, 2.24) is 4.90 Å². The Morgan fingerprint density at radius 3 is 2.62 bits per heavy atom. The van der Waals surface area contributed by atoms with E-state index in [0.29, 0.717) is 12.3 Å². The maximum absolute atomic E-state index is 12.4. The van der Waals surface area contributed by atoms with Gasteiger partial charge in [0.25, 0.3) is 0 Å². The second-order valence-electron chi connectivity index (χ2n) is 5.92. The van der Waals surface area contributed by atoms with Gasteiger partial charge in [-0.2, -0.15) is 0 Å². The van der Waals surface area contributed by atoms with Gasteiger partial charge in [0.15, 0.2) is 5.12 Å². The number of hydrogen-bond acceptors (Lipinski definition) is 3. The van der Waals surface area contributed by atoms with Crippen LogP contribution in [0.2, 0.25) is 0 Å². The maximum atomic E-state index is 12.4. The van der Waals surface area contributed by atoms with Crippen molar-refractivity contribution in [3.63, 3.8) is 0 Å². The van der Waals surface area contributed by atoms with Crippen LogP contribution in [-0.2, 0) is 15.1 Å². The zero-order chi connectivity index (χ0) is 15.0. The topological polar surface area (TPSA) is 37.4 Å². The van der Waals surface area contributed by atoms with Crippen molar-refractivity contribution in [1.29, 1.82) is 0 Å². The summed E-state index contributed by atoms with van der Waals surface area (Å²) in [6.07, 6.45) is 2.68. The molecule has 0 bridgehead atoms. The molecule has 21 heavy (non-hydrogen) atoms. The summed E-state index contributed by atoms with van der Waals surface area (Å²) in [6, 6.07) is 8.31. The maximum Gasteiger partial charge on any atom is 0.223 e. The van der Waals surface area contributed by atoms with Crippen LogP contribution < -0.4 is 0 Å². The first-order chi connectivity index (χ1) is 10.0. The first-order valence-electron chi connectivity index (χ1n) is 7.21. The van der Waals surface area contributed by atoms with Crippen molar-refractivity contribution in [3.05, 3.63) is 34.3 Å². The predicted octanol–water partition coefficient (Wildman–Crippen LogP) is 3.57. The van der Waals surface area contributed by atoms with E-state index in [1.54, 1.807) is 6.92 Å². The second-order valence-corrected chi connectivity index (χ2v) is 8.03. The summed E-state index contributed by atoms with van der Waals surface area (Å²) < 4.78 is 1.06. The van der Waals surface area contributed by atoms with E-state index in [2.05, 4.69) is 33.0 Å². The summed E-state index contributed by atoms with van der Waals surface area (Å²) in [4.78, 5) is 25.5. The molecule has 0 radical (unpaired) electrons. The molecule has 0 spiro atoms. The summed E-state index contributed by atoms with van der Waals surface area (Å²) in [5.74, 6) is 1.30. The highest BCUT2D eigenvalue weighted by Crippen LogP contribution is 2.53. The van der Waals surface area contributed by atoms with Crippen LogP contribution in [0.1, 0.15) is 31.7 Å². The number of carbonyl (C=O) groups is 2. The number of halogens is 1. The molecule has 1 atom stereocenters. The highest BCUT2D eigenvalue weighted by atomic mass is 79.9. The van der Waals surface area contributed by atoms with Gasteiger partial charge in [-0.25, -0.2) is 0 Å². The second kappa shape index (κ2) is 5.76. The number of rotatable bonds is 4. The van der Waals surface area contributed by atoms with Crippen molar-refractivity contribution in [2.24, 2.45) is 5.92 Å². The quantitative estimate of drug-likeness (QED) is 0.816. The number of benzene rings is 1. The number of thioether (sulfide) groups is 1. The summed E-state index contributed by atoms with van der Waals surface area (Å²) in [5.41, 5.74) is 1.16. The van der Waals surface area contributed by atoms with E-state index >= 15 is 0 Å². The smallest absolute Gasteiger partial charge is 0.223 e. The zero-order valence-corrected chi connectivity index (χ0v) is 14.4. The average molecular weight is 368 g/mol. The molecule has 3 rings (SSSR count). The Labute approximate surface area is 137 Å². The van der Waals surface area contributed by atoms with Gasteiger partial charge in [0, 0.05) is 30.1 Å². The molecule has 1 aromatic rings. The molecule has 1 heterocycles. The van der Waals surface area contributed by atoms with Crippen LogP contribution >= 0.6 is 27.7 Å². The summed E-state index contributed by atoms with van der Waals surface area (Å²) >= 11 is 4.79. The number of hydrogen-bond donors (Lipinski definition) is 0. The van der Waals surface area contributed by atoms with Gasteiger partial charge < -0.3 is 4.90 Å². The monoisotopic (exact) mass is 367 g/mol. The fourth-order valence-corrected chi connectivity index (χ4v) is 4.09. The average Bonchev–Trinajstić information content (AvgIpc) is 3.15. The molecule has 1 aliphatic heterocycles. The van der Waals surface area contributed by atoms with Gasteiger partial charge in [-0.1, -0.05) is 39.8 Å². The van der Waals surface area contributed by atoms with Crippen molar-refractivity contribution in [2.75, 3.05) is 12.3 Å². The molecule has 2 aliphatic rings. The summed E-state index contributed by atoms with van der Waals surface area (Å²) in [7, 11) is 0. The van der Waals surface area contributed by atoms with E-state index in [1.165, 1.54) is 17.3 Å². The molecule has 1 amide bonds. The highest BCUT2D eigenvalue weighted by molar-refractivity contribution is 9.10. The molecular weight excluding hydrogens is 350 g/mol. The standard InChI is InChI=1S/C16H18BrNO2S/c1-11(19)21-10-12-8-15(20)18(9-12)16(6-7-16)13-2-4-14(17)5-3-13/h2-5,12H,6-10H2,1H3. The Bertz CT molecular complexity index is 568. The minimum Gasteiger partial charge on any atom is -0.333 e. The van der Waals surface area contributed by atoms with Crippen LogP contribution in [0.5, 0.6) is 0 Å². The lowest BCUT2D eigenvalue weighted by atomic mass is 10.0.